The van der Waals surface area contributed by atoms with Gasteiger partial charge in [0.2, 0.25) is 0 Å². The van der Waals surface area contributed by atoms with E-state index in [1.165, 1.54) is 11.3 Å². The second kappa shape index (κ2) is 7.80. The fourth-order valence-electron chi connectivity index (χ4n) is 2.57. The first-order valence-electron chi connectivity index (χ1n) is 8.58. The molecule has 3 rings (SSSR count). The third kappa shape index (κ3) is 4.65. The molecule has 0 fully saturated rings. The predicted octanol–water partition coefficient (Wildman–Crippen LogP) is 6.64. The standard InChI is InChI=1S/C21H23BrN2OS/c1-21(2,3)11-12-25-15-8-6-7-14(13-15)19-18(24-20(23)26-19)16-9-4-5-10-17(16)22/h4-10,13H,11-12H2,1-3H3,(H2,23,24). The molecule has 2 N–H and O–H groups in total. The molecule has 0 saturated carbocycles. The summed E-state index contributed by atoms with van der Waals surface area (Å²) < 4.78 is 6.97. The minimum absolute atomic E-state index is 0.260. The van der Waals surface area contributed by atoms with Gasteiger partial charge in [-0.25, -0.2) is 4.98 Å². The number of rotatable bonds is 5. The van der Waals surface area contributed by atoms with Crippen molar-refractivity contribution in [1.29, 1.82) is 0 Å². The van der Waals surface area contributed by atoms with E-state index >= 15 is 0 Å². The minimum atomic E-state index is 0.260. The summed E-state index contributed by atoms with van der Waals surface area (Å²) >= 11 is 5.11. The first-order chi connectivity index (χ1) is 12.3. The van der Waals surface area contributed by atoms with Crippen LogP contribution in [0.15, 0.2) is 53.0 Å². The lowest BCUT2D eigenvalue weighted by atomic mass is 9.93. The quantitative estimate of drug-likeness (QED) is 0.493. The van der Waals surface area contributed by atoms with E-state index in [0.29, 0.717) is 11.7 Å². The highest BCUT2D eigenvalue weighted by Gasteiger charge is 2.16. The van der Waals surface area contributed by atoms with Crippen LogP contribution in [-0.2, 0) is 0 Å². The SMILES string of the molecule is CC(C)(C)CCOc1cccc(-c2sc(N)nc2-c2ccccc2Br)c1. The highest BCUT2D eigenvalue weighted by atomic mass is 79.9. The van der Waals surface area contributed by atoms with Gasteiger partial charge in [-0.1, -0.05) is 78.4 Å². The van der Waals surface area contributed by atoms with E-state index in [1.807, 2.05) is 36.4 Å². The van der Waals surface area contributed by atoms with Gasteiger partial charge in [-0.05, 0) is 35.6 Å². The molecular formula is C21H23BrN2OS. The summed E-state index contributed by atoms with van der Waals surface area (Å²) in [5.74, 6) is 0.872. The molecule has 1 aromatic heterocycles. The summed E-state index contributed by atoms with van der Waals surface area (Å²) in [5, 5.41) is 0.560. The molecule has 3 nitrogen and oxygen atoms in total. The molecule has 26 heavy (non-hydrogen) atoms. The maximum atomic E-state index is 6.03. The van der Waals surface area contributed by atoms with Gasteiger partial charge in [-0.3, -0.25) is 0 Å². The molecule has 0 radical (unpaired) electrons. The number of nitrogen functional groups attached to an aromatic ring is 1. The van der Waals surface area contributed by atoms with Gasteiger partial charge >= 0.3 is 0 Å². The van der Waals surface area contributed by atoms with Crippen molar-refractivity contribution < 1.29 is 4.74 Å². The summed E-state index contributed by atoms with van der Waals surface area (Å²) in [5.41, 5.74) is 9.29. The second-order valence-corrected chi connectivity index (χ2v) is 9.28. The molecule has 3 aromatic rings. The molecule has 1 heterocycles. The lowest BCUT2D eigenvalue weighted by molar-refractivity contribution is 0.243. The van der Waals surface area contributed by atoms with Crippen LogP contribution in [0.25, 0.3) is 21.7 Å². The average molecular weight is 431 g/mol. The number of ether oxygens (including phenoxy) is 1. The van der Waals surface area contributed by atoms with Gasteiger partial charge in [-0.2, -0.15) is 0 Å². The Bertz CT molecular complexity index is 899. The largest absolute Gasteiger partial charge is 0.494 e. The van der Waals surface area contributed by atoms with Gasteiger partial charge in [0, 0.05) is 10.0 Å². The zero-order chi connectivity index (χ0) is 18.7. The Morgan fingerprint density at radius 1 is 1.12 bits per heavy atom. The van der Waals surface area contributed by atoms with Crippen LogP contribution >= 0.6 is 27.3 Å². The summed E-state index contributed by atoms with van der Waals surface area (Å²) in [6, 6.07) is 16.2. The van der Waals surface area contributed by atoms with Gasteiger partial charge in [-0.15, -0.1) is 0 Å². The zero-order valence-electron chi connectivity index (χ0n) is 15.3. The summed E-state index contributed by atoms with van der Waals surface area (Å²) in [6.45, 7) is 7.36. The minimum Gasteiger partial charge on any atom is -0.494 e. The number of halogens is 1. The number of nitrogens with zero attached hydrogens (tertiary/aromatic N) is 1. The lowest BCUT2D eigenvalue weighted by Gasteiger charge is -2.18. The van der Waals surface area contributed by atoms with Gasteiger partial charge in [0.05, 0.1) is 17.2 Å². The van der Waals surface area contributed by atoms with Crippen molar-refractivity contribution in [2.24, 2.45) is 5.41 Å². The van der Waals surface area contributed by atoms with Crippen LogP contribution in [0.4, 0.5) is 5.13 Å². The van der Waals surface area contributed by atoms with Crippen LogP contribution in [0.2, 0.25) is 0 Å². The Morgan fingerprint density at radius 2 is 1.88 bits per heavy atom. The van der Waals surface area contributed by atoms with Crippen LogP contribution < -0.4 is 10.5 Å². The number of benzene rings is 2. The molecule has 0 aliphatic heterocycles. The van der Waals surface area contributed by atoms with Crippen LogP contribution in [0.1, 0.15) is 27.2 Å². The number of aromatic nitrogens is 1. The van der Waals surface area contributed by atoms with E-state index < -0.39 is 0 Å². The predicted molar refractivity (Wildman–Crippen MR) is 115 cm³/mol. The van der Waals surface area contributed by atoms with Crippen molar-refractivity contribution in [2.75, 3.05) is 12.3 Å². The van der Waals surface area contributed by atoms with E-state index in [1.54, 1.807) is 0 Å². The smallest absolute Gasteiger partial charge is 0.181 e. The monoisotopic (exact) mass is 430 g/mol. The topological polar surface area (TPSA) is 48.1 Å². The third-order valence-electron chi connectivity index (χ3n) is 3.99. The van der Waals surface area contributed by atoms with E-state index in [4.69, 9.17) is 10.5 Å². The number of anilines is 1. The summed E-state index contributed by atoms with van der Waals surface area (Å²) in [4.78, 5) is 5.62. The number of thiazole rings is 1. The Balaban J connectivity index is 1.91. The Kier molecular flexibility index (Phi) is 5.68. The molecule has 0 aliphatic carbocycles. The molecule has 0 amide bonds. The third-order valence-corrected chi connectivity index (χ3v) is 5.61. The van der Waals surface area contributed by atoms with E-state index in [-0.39, 0.29) is 5.41 Å². The van der Waals surface area contributed by atoms with Crippen LogP contribution in [-0.4, -0.2) is 11.6 Å². The van der Waals surface area contributed by atoms with E-state index in [9.17, 15) is 0 Å². The molecule has 136 valence electrons. The Morgan fingerprint density at radius 3 is 2.62 bits per heavy atom. The molecule has 0 atom stereocenters. The molecule has 0 unspecified atom stereocenters. The molecule has 0 saturated heterocycles. The molecular weight excluding hydrogens is 408 g/mol. The van der Waals surface area contributed by atoms with Crippen molar-refractivity contribution in [3.63, 3.8) is 0 Å². The highest BCUT2D eigenvalue weighted by molar-refractivity contribution is 9.10. The molecule has 2 aromatic carbocycles. The first kappa shape index (κ1) is 18.9. The maximum Gasteiger partial charge on any atom is 0.181 e. The van der Waals surface area contributed by atoms with Crippen molar-refractivity contribution in [3.8, 4) is 27.4 Å². The van der Waals surface area contributed by atoms with E-state index in [0.717, 1.165) is 38.3 Å². The van der Waals surface area contributed by atoms with Crippen LogP contribution in [0, 0.1) is 5.41 Å². The van der Waals surface area contributed by atoms with Crippen LogP contribution in [0.5, 0.6) is 5.75 Å². The normalized spacial score (nSPS) is 11.5. The Labute approximate surface area is 167 Å². The van der Waals surface area contributed by atoms with Crippen molar-refractivity contribution >= 4 is 32.4 Å². The Hall–Kier alpha value is -1.85. The fraction of sp³-hybridized carbons (Fsp3) is 0.286. The number of hydrogen-bond acceptors (Lipinski definition) is 4. The number of nitrogens with two attached hydrogens (primary N) is 1. The van der Waals surface area contributed by atoms with Gasteiger partial charge in [0.25, 0.3) is 0 Å². The summed E-state index contributed by atoms with van der Waals surface area (Å²) in [7, 11) is 0. The number of hydrogen-bond donors (Lipinski definition) is 1. The average Bonchev–Trinajstić information content (AvgIpc) is 2.96. The molecule has 0 aliphatic rings. The zero-order valence-corrected chi connectivity index (χ0v) is 17.7. The van der Waals surface area contributed by atoms with Crippen molar-refractivity contribution in [3.05, 3.63) is 53.0 Å². The fourth-order valence-corrected chi connectivity index (χ4v) is 3.89. The van der Waals surface area contributed by atoms with Crippen molar-refractivity contribution in [1.82, 2.24) is 4.98 Å². The van der Waals surface area contributed by atoms with E-state index in [2.05, 4.69) is 53.8 Å². The maximum absolute atomic E-state index is 6.03. The van der Waals surface area contributed by atoms with Crippen LogP contribution in [0.3, 0.4) is 0 Å². The van der Waals surface area contributed by atoms with Crippen molar-refractivity contribution in [2.45, 2.75) is 27.2 Å². The van der Waals surface area contributed by atoms with Gasteiger partial charge < -0.3 is 10.5 Å². The second-order valence-electron chi connectivity index (χ2n) is 7.40. The lowest BCUT2D eigenvalue weighted by Crippen LogP contribution is -2.11. The summed E-state index contributed by atoms with van der Waals surface area (Å²) in [6.07, 6.45) is 1.01. The molecule has 0 spiro atoms. The van der Waals surface area contributed by atoms with Gasteiger partial charge in [0.15, 0.2) is 5.13 Å². The van der Waals surface area contributed by atoms with Gasteiger partial charge in [0.1, 0.15) is 5.75 Å². The first-order valence-corrected chi connectivity index (χ1v) is 10.2. The highest BCUT2D eigenvalue weighted by Crippen LogP contribution is 2.41. The molecule has 5 heteroatoms. The molecule has 0 bridgehead atoms.